The summed E-state index contributed by atoms with van der Waals surface area (Å²) in [6.45, 7) is 6.08. The van der Waals surface area contributed by atoms with Gasteiger partial charge in [-0.25, -0.2) is 15.0 Å². The molecule has 2 aromatic rings. The van der Waals surface area contributed by atoms with E-state index in [4.69, 9.17) is 19.5 Å². The summed E-state index contributed by atoms with van der Waals surface area (Å²) in [6.07, 6.45) is 6.79. The van der Waals surface area contributed by atoms with Crippen LogP contribution in [0.5, 0.6) is 5.88 Å². The number of thiazole rings is 1. The van der Waals surface area contributed by atoms with Crippen LogP contribution in [-0.2, 0) is 17.8 Å². The fraction of sp³-hybridized carbons (Fsp3) is 0.591. The number of rotatable bonds is 9. The minimum absolute atomic E-state index is 0. The number of nitrogens with one attached hydrogen (secondary N) is 1. The maximum Gasteiger partial charge on any atom is 0.218 e. The summed E-state index contributed by atoms with van der Waals surface area (Å²) in [5.74, 6) is 1.55. The van der Waals surface area contributed by atoms with Crippen molar-refractivity contribution in [2.24, 2.45) is 4.99 Å². The Kier molecular flexibility index (Phi) is 11.0. The Bertz CT molecular complexity index is 826. The Morgan fingerprint density at radius 3 is 2.87 bits per heavy atom. The molecule has 0 spiro atoms. The molecule has 0 aromatic carbocycles. The molecule has 1 N–H and O–H groups in total. The lowest BCUT2D eigenvalue weighted by Crippen LogP contribution is -2.38. The van der Waals surface area contributed by atoms with Gasteiger partial charge in [0, 0.05) is 37.8 Å². The number of methoxy groups -OCH3 is 1. The van der Waals surface area contributed by atoms with Crippen molar-refractivity contribution >= 4 is 41.3 Å². The van der Waals surface area contributed by atoms with E-state index in [0.29, 0.717) is 19.0 Å². The molecule has 0 aliphatic heterocycles. The normalized spacial score (nSPS) is 15.4. The quantitative estimate of drug-likeness (QED) is 0.271. The average Bonchev–Trinajstić information content (AvgIpc) is 3.43. The fourth-order valence-corrected chi connectivity index (χ4v) is 4.29. The Balaban J connectivity index is 0.00000341. The number of pyridine rings is 1. The van der Waals surface area contributed by atoms with Crippen molar-refractivity contribution in [2.45, 2.75) is 64.8 Å². The SMILES string of the molecule is CCNC(=NCc1cccnc1OC1CCCC1)N(C)Cc1csc(C(C)OC)n1.I. The van der Waals surface area contributed by atoms with E-state index in [0.717, 1.165) is 41.6 Å². The van der Waals surface area contributed by atoms with Gasteiger partial charge in [0.2, 0.25) is 5.88 Å². The van der Waals surface area contributed by atoms with E-state index in [1.165, 1.54) is 12.8 Å². The molecule has 3 rings (SSSR count). The second-order valence-electron chi connectivity index (χ2n) is 7.57. The van der Waals surface area contributed by atoms with Crippen LogP contribution in [0.15, 0.2) is 28.7 Å². The maximum absolute atomic E-state index is 6.16. The second-order valence-corrected chi connectivity index (χ2v) is 8.46. The molecule has 1 aliphatic carbocycles. The van der Waals surface area contributed by atoms with Crippen LogP contribution >= 0.6 is 35.3 Å². The molecule has 31 heavy (non-hydrogen) atoms. The third-order valence-corrected chi connectivity index (χ3v) is 6.25. The van der Waals surface area contributed by atoms with Crippen molar-refractivity contribution in [1.82, 2.24) is 20.2 Å². The van der Waals surface area contributed by atoms with Crippen LogP contribution in [0, 0.1) is 0 Å². The largest absolute Gasteiger partial charge is 0.474 e. The number of guanidine groups is 1. The Hall–Kier alpha value is -1.46. The van der Waals surface area contributed by atoms with Gasteiger partial charge in [0.25, 0.3) is 0 Å². The molecule has 7 nitrogen and oxygen atoms in total. The summed E-state index contributed by atoms with van der Waals surface area (Å²) in [7, 11) is 3.73. The van der Waals surface area contributed by atoms with E-state index in [-0.39, 0.29) is 36.2 Å². The molecule has 0 amide bonds. The molecule has 2 aromatic heterocycles. The molecule has 1 atom stereocenters. The van der Waals surface area contributed by atoms with Gasteiger partial charge in [-0.15, -0.1) is 35.3 Å². The summed E-state index contributed by atoms with van der Waals surface area (Å²) in [4.78, 5) is 16.1. The van der Waals surface area contributed by atoms with Crippen molar-refractivity contribution in [3.8, 4) is 5.88 Å². The van der Waals surface area contributed by atoms with Crippen molar-refractivity contribution in [3.05, 3.63) is 40.0 Å². The first-order valence-electron chi connectivity index (χ1n) is 10.7. The molecule has 1 fully saturated rings. The molecule has 0 radical (unpaired) electrons. The minimum Gasteiger partial charge on any atom is -0.474 e. The van der Waals surface area contributed by atoms with Crippen LogP contribution in [0.1, 0.15) is 61.9 Å². The van der Waals surface area contributed by atoms with Crippen LogP contribution in [-0.4, -0.2) is 47.6 Å². The lowest BCUT2D eigenvalue weighted by molar-refractivity contribution is 0.119. The van der Waals surface area contributed by atoms with Gasteiger partial charge in [-0.05, 0) is 45.6 Å². The zero-order valence-corrected chi connectivity index (χ0v) is 22.0. The first kappa shape index (κ1) is 25.8. The minimum atomic E-state index is 0. The monoisotopic (exact) mass is 559 g/mol. The van der Waals surface area contributed by atoms with E-state index in [1.807, 2.05) is 26.1 Å². The number of hydrogen-bond acceptors (Lipinski definition) is 6. The molecule has 9 heteroatoms. The summed E-state index contributed by atoms with van der Waals surface area (Å²) >= 11 is 1.63. The summed E-state index contributed by atoms with van der Waals surface area (Å²) in [6, 6.07) is 3.99. The molecular formula is C22H34IN5O2S. The predicted octanol–water partition coefficient (Wildman–Crippen LogP) is 4.78. The van der Waals surface area contributed by atoms with Crippen LogP contribution in [0.3, 0.4) is 0 Å². The third-order valence-electron chi connectivity index (χ3n) is 5.20. The van der Waals surface area contributed by atoms with E-state index in [9.17, 15) is 0 Å². The van der Waals surface area contributed by atoms with Crippen LogP contribution in [0.2, 0.25) is 0 Å². The number of aliphatic imine (C=N–C) groups is 1. The Morgan fingerprint density at radius 1 is 1.39 bits per heavy atom. The van der Waals surface area contributed by atoms with Gasteiger partial charge in [-0.3, -0.25) is 0 Å². The smallest absolute Gasteiger partial charge is 0.218 e. The highest BCUT2D eigenvalue weighted by Gasteiger charge is 2.19. The molecule has 0 saturated heterocycles. The highest BCUT2D eigenvalue weighted by molar-refractivity contribution is 14.0. The van der Waals surface area contributed by atoms with Gasteiger partial charge < -0.3 is 19.7 Å². The van der Waals surface area contributed by atoms with Crippen molar-refractivity contribution in [1.29, 1.82) is 0 Å². The van der Waals surface area contributed by atoms with Crippen molar-refractivity contribution in [3.63, 3.8) is 0 Å². The van der Waals surface area contributed by atoms with E-state index in [1.54, 1.807) is 24.6 Å². The summed E-state index contributed by atoms with van der Waals surface area (Å²) in [5, 5.41) is 6.45. The number of aromatic nitrogens is 2. The topological polar surface area (TPSA) is 71.9 Å². The van der Waals surface area contributed by atoms with Gasteiger partial charge in [-0.1, -0.05) is 6.07 Å². The highest BCUT2D eigenvalue weighted by atomic mass is 127. The zero-order valence-electron chi connectivity index (χ0n) is 18.8. The lowest BCUT2D eigenvalue weighted by atomic mass is 10.2. The number of hydrogen-bond donors (Lipinski definition) is 1. The number of nitrogens with zero attached hydrogens (tertiary/aromatic N) is 4. The van der Waals surface area contributed by atoms with Crippen LogP contribution in [0.4, 0.5) is 0 Å². The average molecular weight is 560 g/mol. The fourth-order valence-electron chi connectivity index (χ4n) is 3.45. The van der Waals surface area contributed by atoms with Crippen LogP contribution in [0.25, 0.3) is 0 Å². The van der Waals surface area contributed by atoms with Gasteiger partial charge >= 0.3 is 0 Å². The lowest BCUT2D eigenvalue weighted by Gasteiger charge is -2.21. The van der Waals surface area contributed by atoms with Gasteiger partial charge in [0.05, 0.1) is 18.8 Å². The third kappa shape index (κ3) is 7.57. The van der Waals surface area contributed by atoms with Gasteiger partial charge in [0.15, 0.2) is 5.96 Å². The summed E-state index contributed by atoms with van der Waals surface area (Å²) in [5.41, 5.74) is 2.02. The Labute approximate surface area is 206 Å². The highest BCUT2D eigenvalue weighted by Crippen LogP contribution is 2.25. The van der Waals surface area contributed by atoms with E-state index < -0.39 is 0 Å². The molecule has 1 unspecified atom stereocenters. The van der Waals surface area contributed by atoms with Crippen molar-refractivity contribution in [2.75, 3.05) is 20.7 Å². The first-order valence-corrected chi connectivity index (χ1v) is 11.6. The van der Waals surface area contributed by atoms with Crippen LogP contribution < -0.4 is 10.1 Å². The molecule has 0 bridgehead atoms. The maximum atomic E-state index is 6.16. The second kappa shape index (κ2) is 13.2. The molecule has 172 valence electrons. The number of halogens is 1. The molecule has 1 aliphatic rings. The standard InChI is InChI=1S/C22H33N5O2S.HI/c1-5-23-22(27(3)14-18-15-30-21(26-18)16(2)28-4)25-13-17-9-8-12-24-20(17)29-19-10-6-7-11-19;/h8-9,12,15-16,19H,5-7,10-11,13-14H2,1-4H3,(H,23,25);1H. The summed E-state index contributed by atoms with van der Waals surface area (Å²) < 4.78 is 11.5. The van der Waals surface area contributed by atoms with E-state index in [2.05, 4.69) is 27.5 Å². The zero-order chi connectivity index (χ0) is 21.3. The predicted molar refractivity (Wildman–Crippen MR) is 136 cm³/mol. The Morgan fingerprint density at radius 2 is 2.16 bits per heavy atom. The van der Waals surface area contributed by atoms with Gasteiger partial charge in [-0.2, -0.15) is 0 Å². The van der Waals surface area contributed by atoms with Gasteiger partial charge in [0.1, 0.15) is 17.2 Å². The number of ether oxygens (including phenoxy) is 2. The van der Waals surface area contributed by atoms with E-state index >= 15 is 0 Å². The first-order chi connectivity index (χ1) is 14.6. The molecule has 2 heterocycles. The molecular weight excluding hydrogens is 525 g/mol. The molecule has 1 saturated carbocycles. The van der Waals surface area contributed by atoms with Crippen molar-refractivity contribution < 1.29 is 9.47 Å².